The molecule has 0 amide bonds. The van der Waals surface area contributed by atoms with Crippen LogP contribution in [-0.4, -0.2) is 0 Å². The summed E-state index contributed by atoms with van der Waals surface area (Å²) in [6.07, 6.45) is 0. The second-order valence-corrected chi connectivity index (χ2v) is 6.94. The number of ether oxygens (including phenoxy) is 1. The maximum absolute atomic E-state index is 12.4. The molecule has 1 heterocycles. The van der Waals surface area contributed by atoms with Gasteiger partial charge in [0, 0.05) is 21.5 Å². The van der Waals surface area contributed by atoms with Gasteiger partial charge in [0.2, 0.25) is 0 Å². The highest BCUT2D eigenvalue weighted by Gasteiger charge is 2.09. The van der Waals surface area contributed by atoms with E-state index in [4.69, 9.17) is 32.4 Å². The van der Waals surface area contributed by atoms with E-state index in [0.717, 1.165) is 16.5 Å². The average Bonchev–Trinajstić information content (AvgIpc) is 2.68. The summed E-state index contributed by atoms with van der Waals surface area (Å²) in [5, 5.41) is 2.12. The Morgan fingerprint density at radius 3 is 2.19 bits per heavy atom. The molecule has 5 heteroatoms. The molecule has 0 saturated heterocycles. The molecule has 134 valence electrons. The van der Waals surface area contributed by atoms with E-state index in [1.54, 1.807) is 30.3 Å². The van der Waals surface area contributed by atoms with Crippen LogP contribution in [-0.2, 0) is 6.61 Å². The van der Waals surface area contributed by atoms with Gasteiger partial charge in [-0.1, -0.05) is 47.5 Å². The smallest absolute Gasteiger partial charge is 0.344 e. The lowest BCUT2D eigenvalue weighted by Crippen LogP contribution is -2.02. The van der Waals surface area contributed by atoms with Gasteiger partial charge >= 0.3 is 5.63 Å². The van der Waals surface area contributed by atoms with Crippen molar-refractivity contribution < 1.29 is 9.15 Å². The molecular formula is C22H14Cl2O3. The highest BCUT2D eigenvalue weighted by atomic mass is 35.5. The molecule has 4 rings (SSSR count). The molecule has 27 heavy (non-hydrogen) atoms. The Balaban J connectivity index is 1.61. The Morgan fingerprint density at radius 1 is 0.815 bits per heavy atom. The van der Waals surface area contributed by atoms with Gasteiger partial charge in [0.15, 0.2) is 0 Å². The van der Waals surface area contributed by atoms with Crippen LogP contribution in [0.1, 0.15) is 5.56 Å². The molecular weight excluding hydrogens is 383 g/mol. The second-order valence-electron chi connectivity index (χ2n) is 6.07. The van der Waals surface area contributed by atoms with Crippen LogP contribution < -0.4 is 10.4 Å². The number of benzene rings is 3. The summed E-state index contributed by atoms with van der Waals surface area (Å²) < 4.78 is 11.3. The predicted octanol–water partition coefficient (Wildman–Crippen LogP) is 6.35. The molecule has 0 spiro atoms. The van der Waals surface area contributed by atoms with Gasteiger partial charge in [0.1, 0.15) is 17.9 Å². The minimum absolute atomic E-state index is 0.399. The topological polar surface area (TPSA) is 39.4 Å². The predicted molar refractivity (Wildman–Crippen MR) is 109 cm³/mol. The first-order valence-corrected chi connectivity index (χ1v) is 9.05. The van der Waals surface area contributed by atoms with Crippen LogP contribution in [0.2, 0.25) is 10.0 Å². The minimum atomic E-state index is -0.403. The first-order valence-electron chi connectivity index (χ1n) is 8.29. The SMILES string of the molecule is O=c1oc2cc(OCc3ccc(Cl)cc3)ccc2cc1-c1ccc(Cl)cc1. The van der Waals surface area contributed by atoms with Gasteiger partial charge in [-0.15, -0.1) is 0 Å². The maximum atomic E-state index is 12.4. The van der Waals surface area contributed by atoms with E-state index in [1.165, 1.54) is 0 Å². The zero-order valence-corrected chi connectivity index (χ0v) is 15.6. The summed E-state index contributed by atoms with van der Waals surface area (Å²) >= 11 is 11.8. The van der Waals surface area contributed by atoms with E-state index >= 15 is 0 Å². The number of fused-ring (bicyclic) bond motifs is 1. The molecule has 0 unspecified atom stereocenters. The largest absolute Gasteiger partial charge is 0.489 e. The summed E-state index contributed by atoms with van der Waals surface area (Å²) in [5.74, 6) is 0.625. The fraction of sp³-hybridized carbons (Fsp3) is 0.0455. The lowest BCUT2D eigenvalue weighted by atomic mass is 10.1. The molecule has 0 aliphatic heterocycles. The zero-order valence-electron chi connectivity index (χ0n) is 14.1. The van der Waals surface area contributed by atoms with Crippen molar-refractivity contribution in [3.63, 3.8) is 0 Å². The van der Waals surface area contributed by atoms with Gasteiger partial charge < -0.3 is 9.15 Å². The molecule has 0 aliphatic carbocycles. The lowest BCUT2D eigenvalue weighted by Gasteiger charge is -2.08. The van der Waals surface area contributed by atoms with E-state index in [9.17, 15) is 4.79 Å². The minimum Gasteiger partial charge on any atom is -0.489 e. The molecule has 0 bridgehead atoms. The van der Waals surface area contributed by atoms with Crippen LogP contribution in [0.25, 0.3) is 22.1 Å². The highest BCUT2D eigenvalue weighted by Crippen LogP contribution is 2.25. The van der Waals surface area contributed by atoms with Crippen molar-refractivity contribution in [1.82, 2.24) is 0 Å². The van der Waals surface area contributed by atoms with E-state index < -0.39 is 5.63 Å². The van der Waals surface area contributed by atoms with E-state index in [0.29, 0.717) is 33.5 Å². The fourth-order valence-corrected chi connectivity index (χ4v) is 3.01. The first-order chi connectivity index (χ1) is 13.1. The van der Waals surface area contributed by atoms with Crippen molar-refractivity contribution in [2.75, 3.05) is 0 Å². The third-order valence-electron chi connectivity index (χ3n) is 4.18. The van der Waals surface area contributed by atoms with E-state index in [2.05, 4.69) is 0 Å². The molecule has 0 radical (unpaired) electrons. The molecule has 0 aliphatic rings. The first kappa shape index (κ1) is 17.7. The third-order valence-corrected chi connectivity index (χ3v) is 4.69. The Labute approximate surface area is 165 Å². The molecule has 0 atom stereocenters. The Kier molecular flexibility index (Phi) is 4.88. The second kappa shape index (κ2) is 7.47. The number of hydrogen-bond acceptors (Lipinski definition) is 3. The van der Waals surface area contributed by atoms with Crippen molar-refractivity contribution in [1.29, 1.82) is 0 Å². The standard InChI is InChI=1S/C22H14Cl2O3/c23-17-6-1-14(2-7-17)13-26-19-10-5-16-11-20(22(25)27-21(16)12-19)15-3-8-18(24)9-4-15/h1-12H,13H2. The van der Waals surface area contributed by atoms with Gasteiger partial charge in [-0.05, 0) is 53.6 Å². The summed E-state index contributed by atoms with van der Waals surface area (Å²) in [7, 11) is 0. The van der Waals surface area contributed by atoms with Crippen molar-refractivity contribution in [3.8, 4) is 16.9 Å². The quantitative estimate of drug-likeness (QED) is 0.377. The Bertz CT molecular complexity index is 1150. The maximum Gasteiger partial charge on any atom is 0.344 e. The third kappa shape index (κ3) is 4.00. The molecule has 1 aromatic heterocycles. The molecule has 0 saturated carbocycles. The molecule has 4 aromatic rings. The molecule has 3 nitrogen and oxygen atoms in total. The molecule has 0 fully saturated rings. The number of halogens is 2. The average molecular weight is 397 g/mol. The molecule has 0 N–H and O–H groups in total. The van der Waals surface area contributed by atoms with Crippen LogP contribution in [0.3, 0.4) is 0 Å². The van der Waals surface area contributed by atoms with Gasteiger partial charge in [-0.2, -0.15) is 0 Å². The van der Waals surface area contributed by atoms with Crippen LogP contribution in [0.5, 0.6) is 5.75 Å². The summed E-state index contributed by atoms with van der Waals surface area (Å²) in [6, 6.07) is 21.8. The summed E-state index contributed by atoms with van der Waals surface area (Å²) in [4.78, 5) is 12.4. The molecule has 3 aromatic carbocycles. The highest BCUT2D eigenvalue weighted by molar-refractivity contribution is 6.30. The summed E-state index contributed by atoms with van der Waals surface area (Å²) in [6.45, 7) is 0.399. The lowest BCUT2D eigenvalue weighted by molar-refractivity contribution is 0.306. The monoisotopic (exact) mass is 396 g/mol. The van der Waals surface area contributed by atoms with Crippen molar-refractivity contribution in [3.05, 3.63) is 98.8 Å². The summed E-state index contributed by atoms with van der Waals surface area (Å²) in [5.41, 5.74) is 2.33. The van der Waals surface area contributed by atoms with Crippen molar-refractivity contribution in [2.45, 2.75) is 6.61 Å². The van der Waals surface area contributed by atoms with Crippen molar-refractivity contribution in [2.24, 2.45) is 0 Å². The van der Waals surface area contributed by atoms with Gasteiger partial charge in [-0.25, -0.2) is 4.79 Å². The number of hydrogen-bond donors (Lipinski definition) is 0. The van der Waals surface area contributed by atoms with Crippen LogP contribution >= 0.6 is 23.2 Å². The van der Waals surface area contributed by atoms with Crippen molar-refractivity contribution >= 4 is 34.2 Å². The van der Waals surface area contributed by atoms with E-state index in [-0.39, 0.29) is 0 Å². The van der Waals surface area contributed by atoms with Gasteiger partial charge in [0.25, 0.3) is 0 Å². The van der Waals surface area contributed by atoms with Crippen LogP contribution in [0.15, 0.2) is 82.0 Å². The van der Waals surface area contributed by atoms with Gasteiger partial charge in [-0.3, -0.25) is 0 Å². The van der Waals surface area contributed by atoms with Crippen LogP contribution in [0, 0.1) is 0 Å². The zero-order chi connectivity index (χ0) is 18.8. The normalized spacial score (nSPS) is 10.9. The Hall–Kier alpha value is -2.75. The van der Waals surface area contributed by atoms with Gasteiger partial charge in [0.05, 0.1) is 5.56 Å². The van der Waals surface area contributed by atoms with E-state index in [1.807, 2.05) is 42.5 Å². The van der Waals surface area contributed by atoms with Crippen LogP contribution in [0.4, 0.5) is 0 Å². The fourth-order valence-electron chi connectivity index (χ4n) is 2.76. The number of rotatable bonds is 4. The Morgan fingerprint density at radius 2 is 1.48 bits per heavy atom.